The first kappa shape index (κ1) is 19.1. The third kappa shape index (κ3) is 4.14. The van der Waals surface area contributed by atoms with Gasteiger partial charge in [0.1, 0.15) is 11.5 Å². The van der Waals surface area contributed by atoms with Gasteiger partial charge < -0.3 is 9.47 Å². The fraction of sp³-hybridized carbons (Fsp3) is 0.227. The van der Waals surface area contributed by atoms with Crippen LogP contribution in [0.3, 0.4) is 0 Å². The molecule has 2 aromatic carbocycles. The van der Waals surface area contributed by atoms with Crippen LogP contribution in [-0.2, 0) is 0 Å². The van der Waals surface area contributed by atoms with Crippen molar-refractivity contribution in [3.63, 3.8) is 0 Å². The van der Waals surface area contributed by atoms with E-state index in [1.54, 1.807) is 7.11 Å². The Hall–Kier alpha value is -3.19. The number of hydrogen-bond acceptors (Lipinski definition) is 6. The van der Waals surface area contributed by atoms with Crippen molar-refractivity contribution in [2.45, 2.75) is 19.8 Å². The topological polar surface area (TPSA) is 65.7 Å². The van der Waals surface area contributed by atoms with Crippen LogP contribution in [0.15, 0.2) is 53.3 Å². The molecule has 4 rings (SSSR count). The molecule has 7 heteroatoms. The fourth-order valence-corrected chi connectivity index (χ4v) is 3.75. The average molecular weight is 407 g/mol. The lowest BCUT2D eigenvalue weighted by Crippen LogP contribution is -2.23. The fourth-order valence-electron chi connectivity index (χ4n) is 2.84. The van der Waals surface area contributed by atoms with Crippen LogP contribution in [0.25, 0.3) is 22.4 Å². The van der Waals surface area contributed by atoms with Gasteiger partial charge in [0.25, 0.3) is 5.56 Å². The summed E-state index contributed by atoms with van der Waals surface area (Å²) in [6.07, 6.45) is 3.97. The summed E-state index contributed by atoms with van der Waals surface area (Å²) >= 11 is 1.33. The Morgan fingerprint density at radius 1 is 1.07 bits per heavy atom. The molecule has 0 amide bonds. The summed E-state index contributed by atoms with van der Waals surface area (Å²) in [5.41, 5.74) is 1.61. The van der Waals surface area contributed by atoms with Crippen LogP contribution >= 0.6 is 11.3 Å². The van der Waals surface area contributed by atoms with Crippen molar-refractivity contribution < 1.29 is 9.47 Å². The van der Waals surface area contributed by atoms with Gasteiger partial charge >= 0.3 is 0 Å². The molecule has 29 heavy (non-hydrogen) atoms. The van der Waals surface area contributed by atoms with Crippen LogP contribution in [0.2, 0.25) is 0 Å². The number of rotatable bonds is 7. The third-order valence-corrected chi connectivity index (χ3v) is 5.43. The average Bonchev–Trinajstić information content (AvgIpc) is 3.29. The highest BCUT2D eigenvalue weighted by atomic mass is 32.1. The molecule has 0 saturated heterocycles. The molecular formula is C22H21N3O3S. The number of unbranched alkanes of at least 4 members (excludes halogenated alkanes) is 1. The van der Waals surface area contributed by atoms with Crippen LogP contribution in [0.1, 0.15) is 25.3 Å². The Bertz CT molecular complexity index is 1210. The molecule has 2 heterocycles. The molecule has 0 aliphatic carbocycles. The number of aromatic nitrogens is 3. The van der Waals surface area contributed by atoms with Crippen LogP contribution in [0.4, 0.5) is 0 Å². The minimum Gasteiger partial charge on any atom is -0.497 e. The monoisotopic (exact) mass is 407 g/mol. The molecule has 0 N–H and O–H groups in total. The van der Waals surface area contributed by atoms with Gasteiger partial charge in [0.15, 0.2) is 5.82 Å². The molecule has 0 atom stereocenters. The summed E-state index contributed by atoms with van der Waals surface area (Å²) < 4.78 is 12.8. The van der Waals surface area contributed by atoms with E-state index in [0.29, 0.717) is 21.9 Å². The van der Waals surface area contributed by atoms with Gasteiger partial charge in [-0.2, -0.15) is 9.50 Å². The second kappa shape index (κ2) is 8.45. The molecule has 0 radical (unpaired) electrons. The van der Waals surface area contributed by atoms with Gasteiger partial charge in [-0.1, -0.05) is 36.8 Å². The van der Waals surface area contributed by atoms with Gasteiger partial charge in [-0.25, -0.2) is 0 Å². The highest BCUT2D eigenvalue weighted by molar-refractivity contribution is 7.15. The summed E-state index contributed by atoms with van der Waals surface area (Å²) in [6.45, 7) is 2.84. The molecule has 4 aromatic rings. The third-order valence-electron chi connectivity index (χ3n) is 4.47. The second-order valence-corrected chi connectivity index (χ2v) is 7.55. The predicted octanol–water partition coefficient (Wildman–Crippen LogP) is 3.55. The van der Waals surface area contributed by atoms with Crippen molar-refractivity contribution in [2.75, 3.05) is 13.7 Å². The van der Waals surface area contributed by atoms with E-state index in [4.69, 9.17) is 9.47 Å². The zero-order valence-corrected chi connectivity index (χ0v) is 17.1. The number of fused-ring (bicyclic) bond motifs is 1. The summed E-state index contributed by atoms with van der Waals surface area (Å²) in [7, 11) is 1.62. The van der Waals surface area contributed by atoms with Crippen LogP contribution in [-0.4, -0.2) is 28.3 Å². The van der Waals surface area contributed by atoms with Crippen LogP contribution < -0.4 is 19.6 Å². The Morgan fingerprint density at radius 2 is 1.79 bits per heavy atom. The molecular weight excluding hydrogens is 386 g/mol. The molecule has 0 unspecified atom stereocenters. The highest BCUT2D eigenvalue weighted by Crippen LogP contribution is 2.20. The predicted molar refractivity (Wildman–Crippen MR) is 115 cm³/mol. The number of benzene rings is 2. The molecule has 0 spiro atoms. The summed E-state index contributed by atoms with van der Waals surface area (Å²) in [5, 5.41) is 4.40. The lowest BCUT2D eigenvalue weighted by molar-refractivity contribution is 0.309. The highest BCUT2D eigenvalue weighted by Gasteiger charge is 2.12. The van der Waals surface area contributed by atoms with E-state index >= 15 is 0 Å². The Morgan fingerprint density at radius 3 is 2.45 bits per heavy atom. The minimum absolute atomic E-state index is 0.168. The molecule has 0 fully saturated rings. The SMILES string of the molecule is CCCCOc1ccc(-c2nc3sc(=Cc4ccc(OC)cc4)c(=O)n3n2)cc1. The Balaban J connectivity index is 1.59. The van der Waals surface area contributed by atoms with Gasteiger partial charge in [0, 0.05) is 5.56 Å². The van der Waals surface area contributed by atoms with Gasteiger partial charge in [0.05, 0.1) is 18.2 Å². The number of thiazole rings is 1. The zero-order chi connectivity index (χ0) is 20.2. The van der Waals surface area contributed by atoms with E-state index < -0.39 is 0 Å². The lowest BCUT2D eigenvalue weighted by atomic mass is 10.2. The summed E-state index contributed by atoms with van der Waals surface area (Å²) in [6, 6.07) is 15.2. The van der Waals surface area contributed by atoms with Crippen molar-refractivity contribution in [2.24, 2.45) is 0 Å². The van der Waals surface area contributed by atoms with E-state index in [2.05, 4.69) is 17.0 Å². The van der Waals surface area contributed by atoms with Gasteiger partial charge in [0.2, 0.25) is 4.96 Å². The van der Waals surface area contributed by atoms with Crippen LogP contribution in [0, 0.1) is 0 Å². The minimum atomic E-state index is -0.168. The maximum Gasteiger partial charge on any atom is 0.291 e. The summed E-state index contributed by atoms with van der Waals surface area (Å²) in [4.78, 5) is 17.8. The Labute approximate surface area is 172 Å². The van der Waals surface area contributed by atoms with Gasteiger partial charge in [-0.15, -0.1) is 5.10 Å². The van der Waals surface area contributed by atoms with E-state index in [-0.39, 0.29) is 5.56 Å². The number of methoxy groups -OCH3 is 1. The van der Waals surface area contributed by atoms with Gasteiger partial charge in [-0.3, -0.25) is 4.79 Å². The first-order valence-corrected chi connectivity index (χ1v) is 10.3. The van der Waals surface area contributed by atoms with Crippen molar-refractivity contribution >= 4 is 22.4 Å². The molecule has 0 aliphatic heterocycles. The van der Waals surface area contributed by atoms with Crippen molar-refractivity contribution in [1.82, 2.24) is 14.6 Å². The smallest absolute Gasteiger partial charge is 0.291 e. The van der Waals surface area contributed by atoms with Gasteiger partial charge in [-0.05, 0) is 54.5 Å². The largest absolute Gasteiger partial charge is 0.497 e. The summed E-state index contributed by atoms with van der Waals surface area (Å²) in [5.74, 6) is 2.13. The number of nitrogens with zero attached hydrogens (tertiary/aromatic N) is 3. The molecule has 0 saturated carbocycles. The van der Waals surface area contributed by atoms with E-state index in [1.165, 1.54) is 15.9 Å². The maximum absolute atomic E-state index is 12.7. The molecule has 2 aromatic heterocycles. The van der Waals surface area contributed by atoms with E-state index in [1.807, 2.05) is 54.6 Å². The van der Waals surface area contributed by atoms with E-state index in [0.717, 1.165) is 35.5 Å². The molecule has 0 bridgehead atoms. The zero-order valence-electron chi connectivity index (χ0n) is 16.3. The molecule has 0 aliphatic rings. The Kier molecular flexibility index (Phi) is 5.57. The number of ether oxygens (including phenoxy) is 2. The number of hydrogen-bond donors (Lipinski definition) is 0. The lowest BCUT2D eigenvalue weighted by Gasteiger charge is -2.05. The standard InChI is InChI=1S/C22H21N3O3S/c1-3-4-13-28-18-11-7-16(8-12-18)20-23-22-25(24-20)21(26)19(29-22)14-15-5-9-17(27-2)10-6-15/h5-12,14H,3-4,13H2,1-2H3. The van der Waals surface area contributed by atoms with Crippen molar-refractivity contribution in [1.29, 1.82) is 0 Å². The molecule has 148 valence electrons. The first-order chi connectivity index (χ1) is 14.2. The van der Waals surface area contributed by atoms with Crippen molar-refractivity contribution in [3.8, 4) is 22.9 Å². The maximum atomic E-state index is 12.7. The van der Waals surface area contributed by atoms with Crippen LogP contribution in [0.5, 0.6) is 11.5 Å². The second-order valence-electron chi connectivity index (χ2n) is 6.55. The van der Waals surface area contributed by atoms with E-state index in [9.17, 15) is 4.79 Å². The first-order valence-electron chi connectivity index (χ1n) is 9.46. The normalized spacial score (nSPS) is 11.9. The quantitative estimate of drug-likeness (QED) is 0.438. The van der Waals surface area contributed by atoms with Crippen molar-refractivity contribution in [3.05, 3.63) is 69.0 Å². The molecule has 6 nitrogen and oxygen atoms in total.